The third-order valence-corrected chi connectivity index (χ3v) is 5.99. The predicted molar refractivity (Wildman–Crippen MR) is 109 cm³/mol. The second-order valence-corrected chi connectivity index (χ2v) is 8.35. The Morgan fingerprint density at radius 2 is 1.61 bits per heavy atom. The molecule has 2 aliphatic rings. The molecule has 154 valence electrons. The zero-order valence-electron chi connectivity index (χ0n) is 17.0. The summed E-state index contributed by atoms with van der Waals surface area (Å²) in [6.45, 7) is 6.60. The van der Waals surface area contributed by atoms with Crippen LogP contribution in [0.15, 0.2) is 24.3 Å². The van der Waals surface area contributed by atoms with Crippen LogP contribution in [0, 0.1) is 17.7 Å². The van der Waals surface area contributed by atoms with Crippen molar-refractivity contribution in [1.29, 1.82) is 0 Å². The van der Waals surface area contributed by atoms with Gasteiger partial charge in [-0.25, -0.2) is 4.39 Å². The van der Waals surface area contributed by atoms with Gasteiger partial charge in [0.25, 0.3) is 0 Å². The van der Waals surface area contributed by atoms with Gasteiger partial charge >= 0.3 is 0 Å². The Labute approximate surface area is 167 Å². The first kappa shape index (κ1) is 20.6. The van der Waals surface area contributed by atoms with Crippen molar-refractivity contribution in [1.82, 2.24) is 10.2 Å². The SMILES string of the molecule is CC(C)[C@H](NC(=O)C1CCCCC1)C(=O)N1CCN(c2ccc(F)cc2)CC1. The summed E-state index contributed by atoms with van der Waals surface area (Å²) >= 11 is 0. The number of piperazine rings is 1. The quantitative estimate of drug-likeness (QED) is 0.841. The number of nitrogens with zero attached hydrogens (tertiary/aromatic N) is 2. The van der Waals surface area contributed by atoms with Gasteiger partial charge in [0.15, 0.2) is 0 Å². The summed E-state index contributed by atoms with van der Waals surface area (Å²) in [5.74, 6) is -0.0889. The molecule has 0 unspecified atom stereocenters. The highest BCUT2D eigenvalue weighted by molar-refractivity contribution is 5.89. The largest absolute Gasteiger partial charge is 0.368 e. The van der Waals surface area contributed by atoms with Gasteiger partial charge in [0.05, 0.1) is 0 Å². The minimum absolute atomic E-state index is 0.0120. The lowest BCUT2D eigenvalue weighted by atomic mass is 9.88. The first-order chi connectivity index (χ1) is 13.5. The summed E-state index contributed by atoms with van der Waals surface area (Å²) in [4.78, 5) is 29.7. The molecule has 1 heterocycles. The van der Waals surface area contributed by atoms with Crippen LogP contribution < -0.4 is 10.2 Å². The Balaban J connectivity index is 1.56. The molecule has 0 aromatic heterocycles. The Bertz CT molecular complexity index is 663. The molecule has 2 fully saturated rings. The third kappa shape index (κ3) is 5.03. The van der Waals surface area contributed by atoms with Gasteiger partial charge in [0.1, 0.15) is 11.9 Å². The average molecular weight is 390 g/mol. The topological polar surface area (TPSA) is 52.7 Å². The molecular formula is C22H32FN3O2. The van der Waals surface area contributed by atoms with Crippen LogP contribution >= 0.6 is 0 Å². The summed E-state index contributed by atoms with van der Waals surface area (Å²) in [6.07, 6.45) is 5.27. The monoisotopic (exact) mass is 389 g/mol. The van der Waals surface area contributed by atoms with Gasteiger partial charge in [-0.15, -0.1) is 0 Å². The van der Waals surface area contributed by atoms with E-state index in [9.17, 15) is 14.0 Å². The lowest BCUT2D eigenvalue weighted by molar-refractivity contribution is -0.139. The molecule has 0 spiro atoms. The maximum absolute atomic E-state index is 13.1. The number of carbonyl (C=O) groups is 2. The van der Waals surface area contributed by atoms with Gasteiger partial charge in [-0.1, -0.05) is 33.1 Å². The Morgan fingerprint density at radius 3 is 2.18 bits per heavy atom. The van der Waals surface area contributed by atoms with E-state index in [0.29, 0.717) is 26.2 Å². The van der Waals surface area contributed by atoms with Crippen LogP contribution in [0.1, 0.15) is 46.0 Å². The Morgan fingerprint density at radius 1 is 1.00 bits per heavy atom. The number of anilines is 1. The summed E-state index contributed by atoms with van der Waals surface area (Å²) in [5, 5.41) is 3.05. The normalized spacial score (nSPS) is 19.6. The van der Waals surface area contributed by atoms with Crippen molar-refractivity contribution >= 4 is 17.5 Å². The number of carbonyl (C=O) groups excluding carboxylic acids is 2. The predicted octanol–water partition coefficient (Wildman–Crippen LogP) is 3.20. The van der Waals surface area contributed by atoms with Crippen molar-refractivity contribution < 1.29 is 14.0 Å². The van der Waals surface area contributed by atoms with Gasteiger partial charge < -0.3 is 15.1 Å². The molecule has 5 nitrogen and oxygen atoms in total. The summed E-state index contributed by atoms with van der Waals surface area (Å²) in [7, 11) is 0. The van der Waals surface area contributed by atoms with Crippen molar-refractivity contribution in [2.75, 3.05) is 31.1 Å². The molecule has 1 aromatic carbocycles. The van der Waals surface area contributed by atoms with Gasteiger partial charge in [-0.3, -0.25) is 9.59 Å². The van der Waals surface area contributed by atoms with Crippen LogP contribution in [-0.4, -0.2) is 48.9 Å². The molecule has 0 bridgehead atoms. The van der Waals surface area contributed by atoms with E-state index in [0.717, 1.165) is 31.4 Å². The van der Waals surface area contributed by atoms with Gasteiger partial charge in [-0.05, 0) is 43.0 Å². The lowest BCUT2D eigenvalue weighted by Gasteiger charge is -2.38. The number of benzene rings is 1. The number of nitrogens with one attached hydrogen (secondary N) is 1. The molecule has 1 aliphatic heterocycles. The lowest BCUT2D eigenvalue weighted by Crippen LogP contribution is -2.57. The number of halogens is 1. The van der Waals surface area contributed by atoms with E-state index < -0.39 is 6.04 Å². The van der Waals surface area contributed by atoms with Crippen LogP contribution in [0.2, 0.25) is 0 Å². The second kappa shape index (κ2) is 9.39. The van der Waals surface area contributed by atoms with Crippen molar-refractivity contribution in [3.8, 4) is 0 Å². The molecule has 1 N–H and O–H groups in total. The number of rotatable bonds is 5. The molecule has 0 radical (unpaired) electrons. The molecule has 6 heteroatoms. The van der Waals surface area contributed by atoms with Crippen LogP contribution in [-0.2, 0) is 9.59 Å². The van der Waals surface area contributed by atoms with Crippen LogP contribution in [0.4, 0.5) is 10.1 Å². The van der Waals surface area contributed by atoms with Gasteiger partial charge in [-0.2, -0.15) is 0 Å². The second-order valence-electron chi connectivity index (χ2n) is 8.35. The molecule has 1 saturated heterocycles. The molecule has 1 aliphatic carbocycles. The minimum atomic E-state index is -0.466. The highest BCUT2D eigenvalue weighted by Crippen LogP contribution is 2.24. The van der Waals surface area contributed by atoms with Crippen LogP contribution in [0.3, 0.4) is 0 Å². The fraction of sp³-hybridized carbons (Fsp3) is 0.636. The highest BCUT2D eigenvalue weighted by atomic mass is 19.1. The van der Waals surface area contributed by atoms with Crippen LogP contribution in [0.25, 0.3) is 0 Å². The maximum Gasteiger partial charge on any atom is 0.245 e. The van der Waals surface area contributed by atoms with E-state index in [1.54, 1.807) is 12.1 Å². The number of hydrogen-bond donors (Lipinski definition) is 1. The van der Waals surface area contributed by atoms with Crippen molar-refractivity contribution in [3.05, 3.63) is 30.1 Å². The number of hydrogen-bond acceptors (Lipinski definition) is 3. The third-order valence-electron chi connectivity index (χ3n) is 5.99. The van der Waals surface area contributed by atoms with E-state index in [1.165, 1.54) is 18.6 Å². The Kier molecular flexibility index (Phi) is 6.92. The van der Waals surface area contributed by atoms with Crippen molar-refractivity contribution in [2.24, 2.45) is 11.8 Å². The van der Waals surface area contributed by atoms with Crippen molar-refractivity contribution in [2.45, 2.75) is 52.0 Å². The van der Waals surface area contributed by atoms with E-state index >= 15 is 0 Å². The van der Waals surface area contributed by atoms with E-state index in [2.05, 4.69) is 10.2 Å². The fourth-order valence-corrected chi connectivity index (χ4v) is 4.18. The van der Waals surface area contributed by atoms with E-state index in [-0.39, 0.29) is 29.5 Å². The smallest absolute Gasteiger partial charge is 0.245 e. The van der Waals surface area contributed by atoms with Gasteiger partial charge in [0.2, 0.25) is 11.8 Å². The molecule has 2 amide bonds. The molecule has 28 heavy (non-hydrogen) atoms. The van der Waals surface area contributed by atoms with Gasteiger partial charge in [0, 0.05) is 37.8 Å². The fourth-order valence-electron chi connectivity index (χ4n) is 4.18. The maximum atomic E-state index is 13.1. The van der Waals surface area contributed by atoms with E-state index in [4.69, 9.17) is 0 Å². The number of amides is 2. The highest BCUT2D eigenvalue weighted by Gasteiger charge is 2.32. The zero-order valence-corrected chi connectivity index (χ0v) is 17.0. The van der Waals surface area contributed by atoms with Crippen LogP contribution in [0.5, 0.6) is 0 Å². The average Bonchev–Trinajstić information content (AvgIpc) is 2.72. The molecular weight excluding hydrogens is 357 g/mol. The summed E-state index contributed by atoms with van der Waals surface area (Å²) < 4.78 is 13.1. The first-order valence-electron chi connectivity index (χ1n) is 10.6. The van der Waals surface area contributed by atoms with Crippen molar-refractivity contribution in [3.63, 3.8) is 0 Å². The summed E-state index contributed by atoms with van der Waals surface area (Å²) in [6, 6.07) is 6.00. The first-order valence-corrected chi connectivity index (χ1v) is 10.6. The summed E-state index contributed by atoms with van der Waals surface area (Å²) in [5.41, 5.74) is 0.972. The molecule has 1 atom stereocenters. The molecule has 3 rings (SSSR count). The Hall–Kier alpha value is -2.11. The molecule has 1 saturated carbocycles. The van der Waals surface area contributed by atoms with E-state index in [1.807, 2.05) is 18.7 Å². The minimum Gasteiger partial charge on any atom is -0.368 e. The molecule has 1 aromatic rings. The standard InChI is InChI=1S/C22H32FN3O2/c1-16(2)20(24-21(27)17-6-4-3-5-7-17)22(28)26-14-12-25(13-15-26)19-10-8-18(23)9-11-19/h8-11,16-17,20H,3-7,12-15H2,1-2H3,(H,24,27)/t20-/m0/s1. The zero-order chi connectivity index (χ0) is 20.1.